The van der Waals surface area contributed by atoms with E-state index in [4.69, 9.17) is 4.74 Å². The minimum absolute atomic E-state index is 0.221. The van der Waals surface area contributed by atoms with Crippen LogP contribution in [0.2, 0.25) is 0 Å². The number of benzene rings is 1. The van der Waals surface area contributed by atoms with Crippen molar-refractivity contribution in [3.63, 3.8) is 0 Å². The van der Waals surface area contributed by atoms with Crippen LogP contribution in [0, 0.1) is 11.7 Å². The van der Waals surface area contributed by atoms with E-state index in [1.807, 2.05) is 0 Å². The summed E-state index contributed by atoms with van der Waals surface area (Å²) in [5, 5.41) is 3.32. The lowest BCUT2D eigenvalue weighted by Gasteiger charge is -2.29. The molecule has 94 valence electrons. The topological polar surface area (TPSA) is 21.3 Å². The van der Waals surface area contributed by atoms with E-state index >= 15 is 0 Å². The average molecular weight is 302 g/mol. The van der Waals surface area contributed by atoms with Gasteiger partial charge in [-0.25, -0.2) is 4.39 Å². The molecule has 2 nitrogen and oxygen atoms in total. The lowest BCUT2D eigenvalue weighted by molar-refractivity contribution is -0.00689. The minimum atomic E-state index is -0.221. The molecule has 1 aliphatic rings. The Morgan fingerprint density at radius 1 is 1.53 bits per heavy atom. The van der Waals surface area contributed by atoms with Crippen molar-refractivity contribution in [3.8, 4) is 0 Å². The fourth-order valence-corrected chi connectivity index (χ4v) is 2.40. The van der Waals surface area contributed by atoms with Crippen LogP contribution in [0.3, 0.4) is 0 Å². The van der Waals surface area contributed by atoms with E-state index in [1.54, 1.807) is 6.07 Å². The summed E-state index contributed by atoms with van der Waals surface area (Å²) in [6.07, 6.45) is 1.36. The molecule has 0 radical (unpaired) electrons. The van der Waals surface area contributed by atoms with Gasteiger partial charge >= 0.3 is 0 Å². The van der Waals surface area contributed by atoms with E-state index in [0.29, 0.717) is 12.5 Å². The van der Waals surface area contributed by atoms with Gasteiger partial charge in [0.2, 0.25) is 0 Å². The van der Waals surface area contributed by atoms with Gasteiger partial charge in [0.1, 0.15) is 5.82 Å². The Morgan fingerprint density at radius 3 is 3.12 bits per heavy atom. The van der Waals surface area contributed by atoms with Crippen LogP contribution in [0.4, 0.5) is 4.39 Å². The van der Waals surface area contributed by atoms with Crippen LogP contribution in [0.1, 0.15) is 18.9 Å². The molecule has 4 heteroatoms. The molecule has 17 heavy (non-hydrogen) atoms. The predicted molar refractivity (Wildman–Crippen MR) is 69.3 cm³/mol. The van der Waals surface area contributed by atoms with Crippen molar-refractivity contribution in [2.75, 3.05) is 13.1 Å². The highest BCUT2D eigenvalue weighted by atomic mass is 79.9. The molecule has 1 fully saturated rings. The molecule has 2 rings (SSSR count). The van der Waals surface area contributed by atoms with Crippen LogP contribution < -0.4 is 5.32 Å². The van der Waals surface area contributed by atoms with Gasteiger partial charge in [-0.3, -0.25) is 0 Å². The SMILES string of the molecule is CC1CCNCC1OCc1cc(F)ccc1Br. The Kier molecular flexibility index (Phi) is 4.54. The minimum Gasteiger partial charge on any atom is -0.372 e. The summed E-state index contributed by atoms with van der Waals surface area (Å²) in [7, 11) is 0. The highest BCUT2D eigenvalue weighted by molar-refractivity contribution is 9.10. The van der Waals surface area contributed by atoms with Crippen LogP contribution >= 0.6 is 15.9 Å². The Balaban J connectivity index is 1.94. The molecule has 0 aliphatic carbocycles. The van der Waals surface area contributed by atoms with Crippen LogP contribution in [0.25, 0.3) is 0 Å². The third-order valence-corrected chi connectivity index (χ3v) is 3.99. The van der Waals surface area contributed by atoms with Gasteiger partial charge in [-0.05, 0) is 42.6 Å². The van der Waals surface area contributed by atoms with Gasteiger partial charge in [-0.1, -0.05) is 22.9 Å². The van der Waals surface area contributed by atoms with Gasteiger partial charge in [0.25, 0.3) is 0 Å². The number of rotatable bonds is 3. The van der Waals surface area contributed by atoms with E-state index < -0.39 is 0 Å². The van der Waals surface area contributed by atoms with E-state index in [-0.39, 0.29) is 11.9 Å². The maximum atomic E-state index is 13.1. The molecule has 0 amide bonds. The molecular weight excluding hydrogens is 285 g/mol. The summed E-state index contributed by atoms with van der Waals surface area (Å²) < 4.78 is 19.9. The Hall–Kier alpha value is -0.450. The number of piperidine rings is 1. The largest absolute Gasteiger partial charge is 0.372 e. The summed E-state index contributed by atoms with van der Waals surface area (Å²) in [6.45, 7) is 4.60. The summed E-state index contributed by atoms with van der Waals surface area (Å²) in [5.74, 6) is 0.338. The van der Waals surface area contributed by atoms with Gasteiger partial charge in [0.05, 0.1) is 12.7 Å². The molecular formula is C13H17BrFNO. The van der Waals surface area contributed by atoms with Gasteiger partial charge in [0.15, 0.2) is 0 Å². The van der Waals surface area contributed by atoms with Crippen molar-refractivity contribution < 1.29 is 9.13 Å². The van der Waals surface area contributed by atoms with Crippen LogP contribution in [-0.2, 0) is 11.3 Å². The van der Waals surface area contributed by atoms with Crippen molar-refractivity contribution in [3.05, 3.63) is 34.1 Å². The Morgan fingerprint density at radius 2 is 2.35 bits per heavy atom. The van der Waals surface area contributed by atoms with Crippen LogP contribution in [0.5, 0.6) is 0 Å². The molecule has 0 aromatic heterocycles. The van der Waals surface area contributed by atoms with Gasteiger partial charge in [0, 0.05) is 11.0 Å². The lowest BCUT2D eigenvalue weighted by atomic mass is 9.97. The third kappa shape index (κ3) is 3.50. The fourth-order valence-electron chi connectivity index (χ4n) is 2.04. The molecule has 1 aromatic carbocycles. The van der Waals surface area contributed by atoms with Crippen molar-refractivity contribution in [1.29, 1.82) is 0 Å². The fraction of sp³-hybridized carbons (Fsp3) is 0.538. The standard InChI is InChI=1S/C13H17BrFNO/c1-9-4-5-16-7-13(9)17-8-10-6-11(15)2-3-12(10)14/h2-3,6,9,13,16H,4-5,7-8H2,1H3. The summed E-state index contributed by atoms with van der Waals surface area (Å²) in [4.78, 5) is 0. The summed E-state index contributed by atoms with van der Waals surface area (Å²) >= 11 is 3.41. The van der Waals surface area contributed by atoms with Crippen LogP contribution in [-0.4, -0.2) is 19.2 Å². The molecule has 1 saturated heterocycles. The molecule has 2 atom stereocenters. The number of hydrogen-bond donors (Lipinski definition) is 1. The normalized spacial score (nSPS) is 24.9. The lowest BCUT2D eigenvalue weighted by Crippen LogP contribution is -2.40. The molecule has 0 saturated carbocycles. The first-order valence-electron chi connectivity index (χ1n) is 5.93. The smallest absolute Gasteiger partial charge is 0.123 e. The number of hydrogen-bond acceptors (Lipinski definition) is 2. The molecule has 0 bridgehead atoms. The van der Waals surface area contributed by atoms with E-state index in [2.05, 4.69) is 28.2 Å². The van der Waals surface area contributed by atoms with Crippen molar-refractivity contribution in [2.45, 2.75) is 26.1 Å². The number of nitrogens with one attached hydrogen (secondary N) is 1. The second-order valence-corrected chi connectivity index (χ2v) is 5.41. The summed E-state index contributed by atoms with van der Waals surface area (Å²) in [6, 6.07) is 4.68. The zero-order chi connectivity index (χ0) is 12.3. The molecule has 1 heterocycles. The highest BCUT2D eigenvalue weighted by Crippen LogP contribution is 2.21. The monoisotopic (exact) mass is 301 g/mol. The second-order valence-electron chi connectivity index (χ2n) is 4.56. The maximum Gasteiger partial charge on any atom is 0.123 e. The van der Waals surface area contributed by atoms with E-state index in [1.165, 1.54) is 12.1 Å². The van der Waals surface area contributed by atoms with E-state index in [9.17, 15) is 4.39 Å². The van der Waals surface area contributed by atoms with Crippen molar-refractivity contribution in [2.24, 2.45) is 5.92 Å². The number of halogens is 2. The highest BCUT2D eigenvalue weighted by Gasteiger charge is 2.21. The quantitative estimate of drug-likeness (QED) is 0.926. The van der Waals surface area contributed by atoms with Gasteiger partial charge in [-0.2, -0.15) is 0 Å². The second kappa shape index (κ2) is 5.94. The Bertz CT molecular complexity index is 386. The molecule has 1 N–H and O–H groups in total. The number of ether oxygens (including phenoxy) is 1. The predicted octanol–water partition coefficient (Wildman–Crippen LogP) is 3.10. The van der Waals surface area contributed by atoms with Crippen LogP contribution in [0.15, 0.2) is 22.7 Å². The first kappa shape index (κ1) is 13.0. The molecule has 0 spiro atoms. The van der Waals surface area contributed by atoms with Gasteiger partial charge < -0.3 is 10.1 Å². The average Bonchev–Trinajstić information content (AvgIpc) is 2.32. The molecule has 1 aliphatic heterocycles. The third-order valence-electron chi connectivity index (χ3n) is 3.22. The molecule has 2 unspecified atom stereocenters. The van der Waals surface area contributed by atoms with Crippen molar-refractivity contribution in [1.82, 2.24) is 5.32 Å². The maximum absolute atomic E-state index is 13.1. The Labute approximate surface area is 110 Å². The first-order chi connectivity index (χ1) is 8.16. The van der Waals surface area contributed by atoms with Crippen molar-refractivity contribution >= 4 is 15.9 Å². The summed E-state index contributed by atoms with van der Waals surface area (Å²) in [5.41, 5.74) is 0.864. The van der Waals surface area contributed by atoms with Gasteiger partial charge in [-0.15, -0.1) is 0 Å². The zero-order valence-electron chi connectivity index (χ0n) is 9.88. The molecule has 1 aromatic rings. The van der Waals surface area contributed by atoms with E-state index in [0.717, 1.165) is 29.5 Å². The first-order valence-corrected chi connectivity index (χ1v) is 6.72. The zero-order valence-corrected chi connectivity index (χ0v) is 11.5.